The molecule has 0 fully saturated rings. The van der Waals surface area contributed by atoms with Crippen molar-refractivity contribution in [1.29, 1.82) is 0 Å². The molecule has 0 bridgehead atoms. The van der Waals surface area contributed by atoms with E-state index in [1.54, 1.807) is 50.2 Å². The summed E-state index contributed by atoms with van der Waals surface area (Å²) in [5.74, 6) is 0.0338. The predicted molar refractivity (Wildman–Crippen MR) is 112 cm³/mol. The molecule has 0 unspecified atom stereocenters. The Morgan fingerprint density at radius 1 is 0.677 bits per heavy atom. The average Bonchev–Trinajstić information content (AvgIpc) is 2.79. The van der Waals surface area contributed by atoms with E-state index in [2.05, 4.69) is 0 Å². The first-order valence-corrected chi connectivity index (χ1v) is 13.2. The summed E-state index contributed by atoms with van der Waals surface area (Å²) < 4.78 is 27.9. The van der Waals surface area contributed by atoms with Crippen LogP contribution in [0.4, 0.5) is 0 Å². The summed E-state index contributed by atoms with van der Waals surface area (Å²) in [5.41, 5.74) is 0.382. The molecule has 31 heavy (non-hydrogen) atoms. The second-order valence-corrected chi connectivity index (χ2v) is 12.8. The zero-order chi connectivity index (χ0) is 22.5. The molecular formula is C24H22O6Ti. The van der Waals surface area contributed by atoms with Gasteiger partial charge in [0, 0.05) is 0 Å². The fourth-order valence-electron chi connectivity index (χ4n) is 3.69. The molecule has 3 rings (SSSR count). The molecule has 0 atom stereocenters. The molecule has 0 radical (unpaired) electrons. The zero-order valence-corrected chi connectivity index (χ0v) is 18.7. The zero-order valence-electron chi connectivity index (χ0n) is 17.2. The monoisotopic (exact) mass is 454 g/mol. The molecular weight excluding hydrogens is 432 g/mol. The van der Waals surface area contributed by atoms with E-state index in [0.29, 0.717) is 18.9 Å². The van der Waals surface area contributed by atoms with Crippen LogP contribution in [0.3, 0.4) is 0 Å². The summed E-state index contributed by atoms with van der Waals surface area (Å²) in [4.78, 5) is 35.5. The number of carbonyl (C=O) groups excluding carboxylic acids is 3. The van der Waals surface area contributed by atoms with Gasteiger partial charge in [-0.1, -0.05) is 0 Å². The van der Waals surface area contributed by atoms with Gasteiger partial charge in [-0.25, -0.2) is 0 Å². The number of benzene rings is 3. The summed E-state index contributed by atoms with van der Waals surface area (Å²) >= 11 is -6.37. The Morgan fingerprint density at radius 2 is 1.10 bits per heavy atom. The van der Waals surface area contributed by atoms with E-state index in [0.717, 1.165) is 0 Å². The van der Waals surface area contributed by atoms with Crippen molar-refractivity contribution in [2.75, 3.05) is 0 Å². The molecule has 158 valence electrons. The molecule has 0 aliphatic carbocycles. The summed E-state index contributed by atoms with van der Waals surface area (Å²) in [6.07, 6.45) is 1.12. The average molecular weight is 454 g/mol. The number of hydrogen-bond donors (Lipinski definition) is 0. The van der Waals surface area contributed by atoms with Gasteiger partial charge in [0.25, 0.3) is 0 Å². The Balaban J connectivity index is 2.51. The maximum atomic E-state index is 15.4. The van der Waals surface area contributed by atoms with Gasteiger partial charge < -0.3 is 0 Å². The van der Waals surface area contributed by atoms with Crippen molar-refractivity contribution in [3.63, 3.8) is 0 Å². The van der Waals surface area contributed by atoms with Crippen molar-refractivity contribution in [3.05, 3.63) is 89.5 Å². The van der Waals surface area contributed by atoms with E-state index >= 15 is 3.32 Å². The van der Waals surface area contributed by atoms with Crippen LogP contribution in [-0.4, -0.2) is 25.0 Å². The van der Waals surface area contributed by atoms with Crippen LogP contribution in [0, 0.1) is 0 Å². The molecule has 6 nitrogen and oxygen atoms in total. The fraction of sp³-hybridized carbons (Fsp3) is 0.125. The van der Waals surface area contributed by atoms with Crippen LogP contribution in [0.1, 0.15) is 44.9 Å². The van der Waals surface area contributed by atoms with E-state index in [1.165, 1.54) is 36.4 Å². The molecule has 0 aromatic heterocycles. The van der Waals surface area contributed by atoms with E-state index in [-0.39, 0.29) is 30.2 Å². The normalized spacial score (nSPS) is 11.7. The molecule has 0 aliphatic rings. The van der Waals surface area contributed by atoms with Crippen molar-refractivity contribution in [2.24, 2.45) is 0 Å². The van der Waals surface area contributed by atoms with Crippen molar-refractivity contribution in [1.82, 2.24) is 0 Å². The molecule has 0 saturated heterocycles. The van der Waals surface area contributed by atoms with Crippen molar-refractivity contribution in [3.8, 4) is 5.75 Å². The van der Waals surface area contributed by atoms with Gasteiger partial charge in [0.15, 0.2) is 0 Å². The Labute approximate surface area is 182 Å². The third-order valence-corrected chi connectivity index (χ3v) is 11.5. The Kier molecular flexibility index (Phi) is 6.55. The molecule has 7 heteroatoms. The standard InChI is InChI=1S/C7H6O2.2C7H5O.C3H7O.O.Ti/c8-5-6-3-1-2-4-7(6)9;2*8-6-7-4-2-1-3-5-7;1-3(2)4;;/h1-5,9H;2*1-4,6H;3H,1-2H3;;/q;;;-1;;+2/p-1. The van der Waals surface area contributed by atoms with E-state index in [4.69, 9.17) is 6.64 Å². The van der Waals surface area contributed by atoms with Crippen LogP contribution >= 0.6 is 0 Å². The van der Waals surface area contributed by atoms with Gasteiger partial charge in [-0.3, -0.25) is 0 Å². The molecule has 0 amide bonds. The minimum atomic E-state index is -6.37. The van der Waals surface area contributed by atoms with Crippen LogP contribution in [0.2, 0.25) is 0 Å². The van der Waals surface area contributed by atoms with E-state index in [1.807, 2.05) is 0 Å². The second kappa shape index (κ2) is 8.98. The maximum absolute atomic E-state index is 15.4. The topological polar surface area (TPSA) is 86.7 Å². The van der Waals surface area contributed by atoms with Gasteiger partial charge in [0.2, 0.25) is 0 Å². The molecule has 3 aromatic rings. The minimum absolute atomic E-state index is 0.0338. The van der Waals surface area contributed by atoms with Crippen molar-refractivity contribution in [2.45, 2.75) is 20.0 Å². The first kappa shape index (κ1) is 22.6. The van der Waals surface area contributed by atoms with Gasteiger partial charge in [-0.05, 0) is 0 Å². The van der Waals surface area contributed by atoms with Crippen molar-refractivity contribution < 1.29 is 40.4 Å². The van der Waals surface area contributed by atoms with Gasteiger partial charge in [0.05, 0.1) is 0 Å². The summed E-state index contributed by atoms with van der Waals surface area (Å²) in [7, 11) is 0. The molecule has 0 aliphatic heterocycles. The van der Waals surface area contributed by atoms with Crippen LogP contribution in [0.5, 0.6) is 5.75 Å². The fourth-order valence-corrected chi connectivity index (χ4v) is 10.4. The van der Waals surface area contributed by atoms with E-state index in [9.17, 15) is 14.4 Å². The molecule has 0 N–H and O–H groups in total. The summed E-state index contributed by atoms with van der Waals surface area (Å²) in [6, 6.07) is 18.8. The molecule has 0 heterocycles. The van der Waals surface area contributed by atoms with Crippen LogP contribution in [0.25, 0.3) is 0 Å². The van der Waals surface area contributed by atoms with Gasteiger partial charge in [0.1, 0.15) is 0 Å². The van der Waals surface area contributed by atoms with Crippen molar-refractivity contribution >= 4 is 26.6 Å². The predicted octanol–water partition coefficient (Wildman–Crippen LogP) is 3.44. The van der Waals surface area contributed by atoms with Crippen LogP contribution in [-0.2, 0) is 22.7 Å². The number of aldehydes is 3. The van der Waals surface area contributed by atoms with E-state index < -0.39 is 22.2 Å². The number of carbonyl (C=O) groups is 3. The molecule has 0 spiro atoms. The van der Waals surface area contributed by atoms with Gasteiger partial charge in [-0.2, -0.15) is 0 Å². The third kappa shape index (κ3) is 4.10. The Morgan fingerprint density at radius 3 is 1.55 bits per heavy atom. The number of para-hydroxylation sites is 1. The Hall–Kier alpha value is -3.06. The molecule has 0 saturated carbocycles. The Bertz CT molecular complexity index is 1140. The van der Waals surface area contributed by atoms with Crippen LogP contribution in [0.15, 0.2) is 72.8 Å². The number of hydrogen-bond acceptors (Lipinski definition) is 6. The SMILES string of the molecule is CC(C)[O][Ti](=[O])([O]c1ccccc1C=O)([c]1ccccc1C=O)[c]1ccccc1C=O. The summed E-state index contributed by atoms with van der Waals surface area (Å²) in [5, 5.41) is 0. The quantitative estimate of drug-likeness (QED) is 0.364. The third-order valence-electron chi connectivity index (χ3n) is 4.90. The molecule has 3 aromatic carbocycles. The second-order valence-electron chi connectivity index (χ2n) is 7.32. The summed E-state index contributed by atoms with van der Waals surface area (Å²) in [6.45, 7) is 3.37. The first-order valence-electron chi connectivity index (χ1n) is 9.76. The van der Waals surface area contributed by atoms with Gasteiger partial charge in [-0.15, -0.1) is 0 Å². The van der Waals surface area contributed by atoms with Crippen LogP contribution < -0.4 is 11.1 Å². The number of rotatable bonds is 9. The first-order chi connectivity index (χ1) is 14.9. The van der Waals surface area contributed by atoms with Gasteiger partial charge >= 0.3 is 182 Å².